The van der Waals surface area contributed by atoms with E-state index in [0.29, 0.717) is 17.5 Å². The summed E-state index contributed by atoms with van der Waals surface area (Å²) < 4.78 is 11.3. The Hall–Kier alpha value is -2.69. The molecule has 1 aliphatic carbocycles. The van der Waals surface area contributed by atoms with Crippen molar-refractivity contribution < 1.29 is 14.3 Å². The van der Waals surface area contributed by atoms with Crippen LogP contribution in [0.25, 0.3) is 0 Å². The molecule has 2 aromatic carbocycles. The SMILES string of the molecule is O=C(Nc1ccc(NC2CCCCC2)cc1)C1COc2ccccc2O1. The molecule has 0 radical (unpaired) electrons. The van der Waals surface area contributed by atoms with Crippen LogP contribution in [-0.4, -0.2) is 24.7 Å². The van der Waals surface area contributed by atoms with Crippen LogP contribution in [0.3, 0.4) is 0 Å². The number of carbonyl (C=O) groups is 1. The first-order chi connectivity index (χ1) is 12.8. The topological polar surface area (TPSA) is 59.6 Å². The fourth-order valence-electron chi connectivity index (χ4n) is 3.50. The highest BCUT2D eigenvalue weighted by molar-refractivity contribution is 5.94. The summed E-state index contributed by atoms with van der Waals surface area (Å²) in [4.78, 5) is 12.4. The van der Waals surface area contributed by atoms with Gasteiger partial charge in [-0.2, -0.15) is 0 Å². The highest BCUT2D eigenvalue weighted by Gasteiger charge is 2.27. The van der Waals surface area contributed by atoms with Crippen molar-refractivity contribution in [2.75, 3.05) is 17.2 Å². The highest BCUT2D eigenvalue weighted by atomic mass is 16.6. The average molecular weight is 352 g/mol. The van der Waals surface area contributed by atoms with Crippen LogP contribution < -0.4 is 20.1 Å². The van der Waals surface area contributed by atoms with E-state index in [0.717, 1.165) is 11.4 Å². The van der Waals surface area contributed by atoms with Gasteiger partial charge < -0.3 is 20.1 Å². The third kappa shape index (κ3) is 3.93. The summed E-state index contributed by atoms with van der Waals surface area (Å²) in [6.07, 6.45) is 5.78. The number of nitrogens with one attached hydrogen (secondary N) is 2. The quantitative estimate of drug-likeness (QED) is 0.865. The van der Waals surface area contributed by atoms with E-state index in [-0.39, 0.29) is 12.5 Å². The fraction of sp³-hybridized carbons (Fsp3) is 0.381. The van der Waals surface area contributed by atoms with Crippen LogP contribution in [0.5, 0.6) is 11.5 Å². The van der Waals surface area contributed by atoms with E-state index in [1.807, 2.05) is 42.5 Å². The van der Waals surface area contributed by atoms with Crippen LogP contribution in [0, 0.1) is 0 Å². The van der Waals surface area contributed by atoms with E-state index < -0.39 is 6.10 Å². The molecule has 1 heterocycles. The minimum Gasteiger partial charge on any atom is -0.485 e. The van der Waals surface area contributed by atoms with Crippen LogP contribution in [0.2, 0.25) is 0 Å². The van der Waals surface area contributed by atoms with Gasteiger partial charge in [0.15, 0.2) is 11.5 Å². The van der Waals surface area contributed by atoms with Crippen molar-refractivity contribution >= 4 is 17.3 Å². The van der Waals surface area contributed by atoms with E-state index in [2.05, 4.69) is 10.6 Å². The van der Waals surface area contributed by atoms with Crippen molar-refractivity contribution in [1.82, 2.24) is 0 Å². The van der Waals surface area contributed by atoms with Crippen LogP contribution >= 0.6 is 0 Å². The fourth-order valence-corrected chi connectivity index (χ4v) is 3.50. The minimum absolute atomic E-state index is 0.201. The third-order valence-electron chi connectivity index (χ3n) is 4.93. The van der Waals surface area contributed by atoms with E-state index in [1.54, 1.807) is 6.07 Å². The van der Waals surface area contributed by atoms with Crippen molar-refractivity contribution in [3.8, 4) is 11.5 Å². The lowest BCUT2D eigenvalue weighted by molar-refractivity contribution is -0.125. The summed E-state index contributed by atoms with van der Waals surface area (Å²) in [5.74, 6) is 1.08. The molecule has 5 nitrogen and oxygen atoms in total. The number of hydrogen-bond acceptors (Lipinski definition) is 4. The zero-order valence-corrected chi connectivity index (χ0v) is 14.7. The van der Waals surface area contributed by atoms with Gasteiger partial charge >= 0.3 is 0 Å². The van der Waals surface area contributed by atoms with Gasteiger partial charge in [0.2, 0.25) is 6.10 Å². The molecule has 2 N–H and O–H groups in total. The zero-order chi connectivity index (χ0) is 17.8. The Morgan fingerprint density at radius 1 is 0.885 bits per heavy atom. The maximum Gasteiger partial charge on any atom is 0.269 e. The van der Waals surface area contributed by atoms with Crippen LogP contribution in [0.4, 0.5) is 11.4 Å². The Morgan fingerprint density at radius 3 is 2.35 bits per heavy atom. The second kappa shape index (κ2) is 7.68. The van der Waals surface area contributed by atoms with Gasteiger partial charge in [0.25, 0.3) is 5.91 Å². The summed E-state index contributed by atoms with van der Waals surface area (Å²) in [6, 6.07) is 15.8. The smallest absolute Gasteiger partial charge is 0.269 e. The predicted octanol–water partition coefficient (Wildman–Crippen LogP) is 4.21. The lowest BCUT2D eigenvalue weighted by Gasteiger charge is -2.25. The van der Waals surface area contributed by atoms with Crippen molar-refractivity contribution in [3.05, 3.63) is 48.5 Å². The third-order valence-corrected chi connectivity index (χ3v) is 4.93. The van der Waals surface area contributed by atoms with Gasteiger partial charge in [-0.1, -0.05) is 31.4 Å². The van der Waals surface area contributed by atoms with Crippen LogP contribution in [0.15, 0.2) is 48.5 Å². The molecule has 0 spiro atoms. The number of carbonyl (C=O) groups excluding carboxylic acids is 1. The molecule has 136 valence electrons. The van der Waals surface area contributed by atoms with Crippen LogP contribution in [0.1, 0.15) is 32.1 Å². The monoisotopic (exact) mass is 352 g/mol. The molecule has 0 aromatic heterocycles. The summed E-state index contributed by atoms with van der Waals surface area (Å²) in [6.45, 7) is 0.212. The Morgan fingerprint density at radius 2 is 1.58 bits per heavy atom. The molecule has 2 aliphatic rings. The summed E-state index contributed by atoms with van der Waals surface area (Å²) in [5, 5.41) is 6.48. The first kappa shape index (κ1) is 16.8. The number of hydrogen-bond donors (Lipinski definition) is 2. The molecule has 1 aliphatic heterocycles. The van der Waals surface area contributed by atoms with Crippen molar-refractivity contribution in [3.63, 3.8) is 0 Å². The Kier molecular flexibility index (Phi) is 4.95. The van der Waals surface area contributed by atoms with Gasteiger partial charge in [0, 0.05) is 17.4 Å². The van der Waals surface area contributed by atoms with Crippen LogP contribution in [-0.2, 0) is 4.79 Å². The molecule has 26 heavy (non-hydrogen) atoms. The molecule has 1 amide bonds. The number of rotatable bonds is 4. The van der Waals surface area contributed by atoms with Gasteiger partial charge in [-0.25, -0.2) is 0 Å². The number of anilines is 2. The lowest BCUT2D eigenvalue weighted by Crippen LogP contribution is -2.40. The maximum absolute atomic E-state index is 12.4. The Labute approximate surface area is 153 Å². The number of amides is 1. The Balaban J connectivity index is 1.33. The van der Waals surface area contributed by atoms with Crippen molar-refractivity contribution in [1.29, 1.82) is 0 Å². The normalized spacial score (nSPS) is 19.6. The molecular formula is C21H24N2O3. The molecule has 1 saturated carbocycles. The molecular weight excluding hydrogens is 328 g/mol. The zero-order valence-electron chi connectivity index (χ0n) is 14.7. The van der Waals surface area contributed by atoms with E-state index in [1.165, 1.54) is 32.1 Å². The Bertz CT molecular complexity index is 754. The molecule has 2 aromatic rings. The van der Waals surface area contributed by atoms with Gasteiger partial charge in [0.1, 0.15) is 6.61 Å². The van der Waals surface area contributed by atoms with E-state index in [9.17, 15) is 4.79 Å². The average Bonchev–Trinajstić information content (AvgIpc) is 2.70. The summed E-state index contributed by atoms with van der Waals surface area (Å²) in [7, 11) is 0. The molecule has 1 fully saturated rings. The molecule has 5 heteroatoms. The lowest BCUT2D eigenvalue weighted by atomic mass is 9.95. The predicted molar refractivity (Wildman–Crippen MR) is 102 cm³/mol. The molecule has 0 saturated heterocycles. The van der Waals surface area contributed by atoms with Gasteiger partial charge in [-0.05, 0) is 49.2 Å². The van der Waals surface area contributed by atoms with E-state index in [4.69, 9.17) is 9.47 Å². The first-order valence-corrected chi connectivity index (χ1v) is 9.34. The minimum atomic E-state index is -0.648. The molecule has 1 unspecified atom stereocenters. The van der Waals surface area contributed by atoms with E-state index >= 15 is 0 Å². The maximum atomic E-state index is 12.4. The van der Waals surface area contributed by atoms with Gasteiger partial charge in [0.05, 0.1) is 0 Å². The van der Waals surface area contributed by atoms with Gasteiger partial charge in [-0.15, -0.1) is 0 Å². The molecule has 0 bridgehead atoms. The largest absolute Gasteiger partial charge is 0.485 e. The second-order valence-corrected chi connectivity index (χ2v) is 6.91. The second-order valence-electron chi connectivity index (χ2n) is 6.91. The first-order valence-electron chi connectivity index (χ1n) is 9.34. The number of fused-ring (bicyclic) bond motifs is 1. The highest BCUT2D eigenvalue weighted by Crippen LogP contribution is 2.31. The number of para-hydroxylation sites is 2. The molecule has 4 rings (SSSR count). The van der Waals surface area contributed by atoms with Crippen molar-refractivity contribution in [2.45, 2.75) is 44.2 Å². The summed E-state index contributed by atoms with van der Waals surface area (Å²) in [5.41, 5.74) is 1.85. The number of benzene rings is 2. The van der Waals surface area contributed by atoms with Crippen molar-refractivity contribution in [2.24, 2.45) is 0 Å². The number of ether oxygens (including phenoxy) is 2. The van der Waals surface area contributed by atoms with Gasteiger partial charge in [-0.3, -0.25) is 4.79 Å². The standard InChI is InChI=1S/C21H24N2O3/c24-21(20-14-25-18-8-4-5-9-19(18)26-20)23-17-12-10-16(11-13-17)22-15-6-2-1-3-7-15/h4-5,8-13,15,20,22H,1-3,6-7,14H2,(H,23,24). The molecule has 1 atom stereocenters. The summed E-state index contributed by atoms with van der Waals surface area (Å²) >= 11 is 0.